The van der Waals surface area contributed by atoms with Crippen molar-refractivity contribution in [1.29, 1.82) is 0 Å². The van der Waals surface area contributed by atoms with E-state index in [0.29, 0.717) is 11.3 Å². The number of rotatable bonds is 3. The summed E-state index contributed by atoms with van der Waals surface area (Å²) in [4.78, 5) is 12.4. The maximum absolute atomic E-state index is 12.4. The number of nitrogens with one attached hydrogen (secondary N) is 1. The molecule has 0 radical (unpaired) electrons. The highest BCUT2D eigenvalue weighted by Crippen LogP contribution is 2.27. The van der Waals surface area contributed by atoms with Gasteiger partial charge in [0, 0.05) is 11.1 Å². The van der Waals surface area contributed by atoms with Crippen LogP contribution >= 0.6 is 15.9 Å². The van der Waals surface area contributed by atoms with Crippen molar-refractivity contribution in [3.63, 3.8) is 0 Å². The Bertz CT molecular complexity index is 1030. The van der Waals surface area contributed by atoms with E-state index in [9.17, 15) is 4.79 Å². The second-order valence-corrected chi connectivity index (χ2v) is 5.88. The zero-order valence-electron chi connectivity index (χ0n) is 12.2. The summed E-state index contributed by atoms with van der Waals surface area (Å²) in [5, 5.41) is 14.7. The lowest BCUT2D eigenvalue weighted by atomic mass is 10.2. The summed E-state index contributed by atoms with van der Waals surface area (Å²) in [6, 6.07) is 14.5. The fourth-order valence-electron chi connectivity index (χ4n) is 2.34. The normalized spacial score (nSPS) is 10.9. The van der Waals surface area contributed by atoms with Crippen LogP contribution in [0.5, 0.6) is 0 Å². The Morgan fingerprint density at radius 2 is 2.04 bits per heavy atom. The van der Waals surface area contributed by atoms with E-state index in [1.807, 2.05) is 30.3 Å². The number of aromatic nitrogens is 4. The van der Waals surface area contributed by atoms with Gasteiger partial charge in [0.2, 0.25) is 0 Å². The summed E-state index contributed by atoms with van der Waals surface area (Å²) in [7, 11) is 0. The minimum absolute atomic E-state index is 0.240. The van der Waals surface area contributed by atoms with Gasteiger partial charge in [0.05, 0.1) is 10.2 Å². The van der Waals surface area contributed by atoms with Crippen LogP contribution in [-0.4, -0.2) is 26.1 Å². The number of fused-ring (bicyclic) bond motifs is 1. The number of furan rings is 1. The summed E-state index contributed by atoms with van der Waals surface area (Å²) in [6.07, 6.45) is 1.48. The molecule has 0 atom stereocenters. The van der Waals surface area contributed by atoms with E-state index < -0.39 is 0 Å². The number of amides is 1. The highest BCUT2D eigenvalue weighted by molar-refractivity contribution is 9.10. The van der Waals surface area contributed by atoms with Crippen LogP contribution < -0.4 is 5.32 Å². The second-order valence-electron chi connectivity index (χ2n) is 5.03. The predicted molar refractivity (Wildman–Crippen MR) is 91.0 cm³/mol. The van der Waals surface area contributed by atoms with Crippen molar-refractivity contribution >= 4 is 38.5 Å². The molecule has 2 heterocycles. The molecule has 0 aliphatic heterocycles. The van der Waals surface area contributed by atoms with Gasteiger partial charge in [-0.05, 0) is 56.7 Å². The molecule has 1 amide bonds. The topological polar surface area (TPSA) is 85.8 Å². The highest BCUT2D eigenvalue weighted by atomic mass is 79.9. The Kier molecular flexibility index (Phi) is 3.58. The molecule has 7 nitrogen and oxygen atoms in total. The Morgan fingerprint density at radius 3 is 2.83 bits per heavy atom. The third-order valence-electron chi connectivity index (χ3n) is 3.44. The third-order valence-corrected chi connectivity index (χ3v) is 4.06. The highest BCUT2D eigenvalue weighted by Gasteiger charge is 2.14. The maximum Gasteiger partial charge on any atom is 0.291 e. The van der Waals surface area contributed by atoms with Crippen molar-refractivity contribution in [2.45, 2.75) is 0 Å². The molecule has 0 spiro atoms. The minimum Gasteiger partial charge on any atom is -0.450 e. The van der Waals surface area contributed by atoms with E-state index in [1.54, 1.807) is 18.2 Å². The Morgan fingerprint density at radius 1 is 1.17 bits per heavy atom. The number of para-hydroxylation sites is 1. The molecule has 24 heavy (non-hydrogen) atoms. The van der Waals surface area contributed by atoms with Gasteiger partial charge in [-0.25, -0.2) is 4.68 Å². The van der Waals surface area contributed by atoms with E-state index in [4.69, 9.17) is 4.42 Å². The van der Waals surface area contributed by atoms with Crippen molar-refractivity contribution in [3.8, 4) is 5.69 Å². The first-order valence-corrected chi connectivity index (χ1v) is 7.83. The monoisotopic (exact) mass is 383 g/mol. The number of hydrogen-bond acceptors (Lipinski definition) is 5. The van der Waals surface area contributed by atoms with Gasteiger partial charge in [0.25, 0.3) is 5.91 Å². The first-order chi connectivity index (χ1) is 11.7. The molecule has 0 aliphatic rings. The molecule has 0 fully saturated rings. The van der Waals surface area contributed by atoms with Crippen LogP contribution in [-0.2, 0) is 0 Å². The van der Waals surface area contributed by atoms with Gasteiger partial charge in [0.1, 0.15) is 11.9 Å². The molecule has 0 unspecified atom stereocenters. The zero-order valence-corrected chi connectivity index (χ0v) is 13.8. The molecule has 2 aromatic heterocycles. The number of halogens is 1. The molecule has 2 aromatic carbocycles. The molecule has 8 heteroatoms. The van der Waals surface area contributed by atoms with Crippen LogP contribution in [0.4, 0.5) is 5.69 Å². The average Bonchev–Trinajstić information content (AvgIpc) is 3.25. The van der Waals surface area contributed by atoms with Gasteiger partial charge < -0.3 is 9.73 Å². The molecule has 0 bridgehead atoms. The van der Waals surface area contributed by atoms with Crippen molar-refractivity contribution in [3.05, 3.63) is 65.1 Å². The van der Waals surface area contributed by atoms with Crippen molar-refractivity contribution < 1.29 is 9.21 Å². The minimum atomic E-state index is -0.327. The molecule has 0 aliphatic carbocycles. The van der Waals surface area contributed by atoms with E-state index >= 15 is 0 Å². The largest absolute Gasteiger partial charge is 0.450 e. The Balaban J connectivity index is 1.61. The van der Waals surface area contributed by atoms with Gasteiger partial charge >= 0.3 is 0 Å². The third kappa shape index (κ3) is 2.67. The smallest absolute Gasteiger partial charge is 0.291 e. The fourth-order valence-corrected chi connectivity index (χ4v) is 2.80. The SMILES string of the molecule is O=C(Nc1cccc(-n2cnnn2)c1)c1cc2cccc(Br)c2o1. The number of benzene rings is 2. The van der Waals surface area contributed by atoms with Gasteiger partial charge in [-0.2, -0.15) is 0 Å². The number of tetrazole rings is 1. The molecular weight excluding hydrogens is 374 g/mol. The van der Waals surface area contributed by atoms with E-state index in [1.165, 1.54) is 11.0 Å². The van der Waals surface area contributed by atoms with Gasteiger partial charge in [-0.1, -0.05) is 18.2 Å². The van der Waals surface area contributed by atoms with E-state index in [-0.39, 0.29) is 11.7 Å². The van der Waals surface area contributed by atoms with Crippen LogP contribution in [0.2, 0.25) is 0 Å². The lowest BCUT2D eigenvalue weighted by molar-refractivity contribution is 0.0998. The lowest BCUT2D eigenvalue weighted by Crippen LogP contribution is -2.11. The Hall–Kier alpha value is -3.00. The summed E-state index contributed by atoms with van der Waals surface area (Å²) < 4.78 is 7.95. The second kappa shape index (κ2) is 5.89. The molecule has 4 aromatic rings. The van der Waals surface area contributed by atoms with Crippen molar-refractivity contribution in [2.24, 2.45) is 0 Å². The van der Waals surface area contributed by atoms with Crippen LogP contribution in [0, 0.1) is 0 Å². The fraction of sp³-hybridized carbons (Fsp3) is 0. The first kappa shape index (κ1) is 14.6. The average molecular weight is 384 g/mol. The zero-order chi connectivity index (χ0) is 16.5. The van der Waals surface area contributed by atoms with Crippen LogP contribution in [0.1, 0.15) is 10.6 Å². The lowest BCUT2D eigenvalue weighted by Gasteiger charge is -2.05. The summed E-state index contributed by atoms with van der Waals surface area (Å²) >= 11 is 3.41. The molecule has 4 rings (SSSR count). The van der Waals surface area contributed by atoms with E-state index in [0.717, 1.165) is 15.5 Å². The van der Waals surface area contributed by atoms with Crippen LogP contribution in [0.3, 0.4) is 0 Å². The Labute approximate surface area is 144 Å². The molecule has 0 saturated heterocycles. The van der Waals surface area contributed by atoms with Gasteiger partial charge in [-0.15, -0.1) is 5.10 Å². The number of nitrogens with zero attached hydrogens (tertiary/aromatic N) is 4. The van der Waals surface area contributed by atoms with Crippen molar-refractivity contribution in [2.75, 3.05) is 5.32 Å². The first-order valence-electron chi connectivity index (χ1n) is 7.03. The predicted octanol–water partition coefficient (Wildman–Crippen LogP) is 3.42. The molecule has 1 N–H and O–H groups in total. The summed E-state index contributed by atoms with van der Waals surface area (Å²) in [6.45, 7) is 0. The van der Waals surface area contributed by atoms with Gasteiger partial charge in [0.15, 0.2) is 5.76 Å². The van der Waals surface area contributed by atoms with Gasteiger partial charge in [-0.3, -0.25) is 4.79 Å². The molecular formula is C16H10BrN5O2. The van der Waals surface area contributed by atoms with Crippen LogP contribution in [0.25, 0.3) is 16.7 Å². The van der Waals surface area contributed by atoms with Crippen molar-refractivity contribution in [1.82, 2.24) is 20.2 Å². The quantitative estimate of drug-likeness (QED) is 0.585. The number of carbonyl (C=O) groups excluding carboxylic acids is 1. The number of anilines is 1. The summed E-state index contributed by atoms with van der Waals surface area (Å²) in [5.41, 5.74) is 2.00. The maximum atomic E-state index is 12.4. The number of hydrogen-bond donors (Lipinski definition) is 1. The standard InChI is InChI=1S/C16H10BrN5O2/c17-13-6-1-3-10-7-14(24-15(10)13)16(23)19-11-4-2-5-12(8-11)22-9-18-20-21-22/h1-9H,(H,19,23). The number of carbonyl (C=O) groups is 1. The molecule has 0 saturated carbocycles. The van der Waals surface area contributed by atoms with Crippen LogP contribution in [0.15, 0.2) is 63.7 Å². The summed E-state index contributed by atoms with van der Waals surface area (Å²) in [5.74, 6) is -0.0864. The molecule has 118 valence electrons. The van der Waals surface area contributed by atoms with E-state index in [2.05, 4.69) is 36.8 Å².